The first-order valence-corrected chi connectivity index (χ1v) is 5.80. The number of phenols is 1. The van der Waals surface area contributed by atoms with Crippen LogP contribution in [-0.2, 0) is 4.79 Å². The quantitative estimate of drug-likeness (QED) is 0.705. The topological polar surface area (TPSA) is 122 Å². The Kier molecular flexibility index (Phi) is 5.06. The van der Waals surface area contributed by atoms with Crippen molar-refractivity contribution in [1.29, 1.82) is 5.26 Å². The molecule has 0 spiro atoms. The Bertz CT molecular complexity index is 564. The van der Waals surface area contributed by atoms with E-state index in [1.54, 1.807) is 0 Å². The van der Waals surface area contributed by atoms with Crippen molar-refractivity contribution in [2.75, 3.05) is 13.2 Å². The molecule has 0 fully saturated rings. The number of benzene rings is 1. The number of amides is 1. The molecular formula is C13H14N2O5. The second kappa shape index (κ2) is 6.54. The van der Waals surface area contributed by atoms with Crippen LogP contribution in [0.25, 0.3) is 0 Å². The molecule has 1 rings (SSSR count). The van der Waals surface area contributed by atoms with Gasteiger partial charge in [-0.25, -0.2) is 4.79 Å². The number of hydrogen-bond donors (Lipinski definition) is 3. The molecule has 3 N–H and O–H groups in total. The molecule has 7 heteroatoms. The lowest BCUT2D eigenvalue weighted by Gasteiger charge is -2.26. The van der Waals surface area contributed by atoms with E-state index in [2.05, 4.69) is 0 Å². The van der Waals surface area contributed by atoms with Crippen LogP contribution in [0.4, 0.5) is 0 Å². The van der Waals surface area contributed by atoms with Gasteiger partial charge in [0.05, 0.1) is 23.8 Å². The maximum absolute atomic E-state index is 12.2. The molecule has 1 aromatic carbocycles. The van der Waals surface area contributed by atoms with E-state index in [1.165, 1.54) is 19.1 Å². The standard InChI is InChI=1S/C13H14N2O5/c1-8(13(19)20)15(4-5-16)12(18)10-3-2-9(7-14)6-11(10)17/h2-3,6,8,16-17H,4-5H2,1H3,(H,19,20)/t8-/m0/s1. The average molecular weight is 278 g/mol. The maximum Gasteiger partial charge on any atom is 0.326 e. The first-order chi connectivity index (χ1) is 9.42. The molecule has 0 aliphatic carbocycles. The highest BCUT2D eigenvalue weighted by molar-refractivity contribution is 5.99. The van der Waals surface area contributed by atoms with Gasteiger partial charge < -0.3 is 20.2 Å². The van der Waals surface area contributed by atoms with Gasteiger partial charge in [-0.2, -0.15) is 5.26 Å². The van der Waals surface area contributed by atoms with Crippen LogP contribution in [0.15, 0.2) is 18.2 Å². The third-order valence-electron chi connectivity index (χ3n) is 2.78. The molecule has 1 amide bonds. The van der Waals surface area contributed by atoms with Gasteiger partial charge in [-0.3, -0.25) is 4.79 Å². The highest BCUT2D eigenvalue weighted by Crippen LogP contribution is 2.21. The van der Waals surface area contributed by atoms with Crippen molar-refractivity contribution in [3.05, 3.63) is 29.3 Å². The number of hydrogen-bond acceptors (Lipinski definition) is 5. The molecule has 0 aliphatic rings. The Morgan fingerprint density at radius 3 is 2.55 bits per heavy atom. The highest BCUT2D eigenvalue weighted by Gasteiger charge is 2.27. The fraction of sp³-hybridized carbons (Fsp3) is 0.308. The van der Waals surface area contributed by atoms with Gasteiger partial charge in [-0.05, 0) is 25.1 Å². The first kappa shape index (κ1) is 15.5. The van der Waals surface area contributed by atoms with E-state index < -0.39 is 30.3 Å². The lowest BCUT2D eigenvalue weighted by atomic mass is 10.1. The van der Waals surface area contributed by atoms with Gasteiger partial charge in [0.25, 0.3) is 5.91 Å². The molecule has 0 bridgehead atoms. The summed E-state index contributed by atoms with van der Waals surface area (Å²) < 4.78 is 0. The zero-order chi connectivity index (χ0) is 15.3. The Balaban J connectivity index is 3.13. The molecule has 0 saturated carbocycles. The Morgan fingerprint density at radius 1 is 1.45 bits per heavy atom. The van der Waals surface area contributed by atoms with Crippen molar-refractivity contribution in [2.45, 2.75) is 13.0 Å². The summed E-state index contributed by atoms with van der Waals surface area (Å²) in [6.45, 7) is 0.725. The Morgan fingerprint density at radius 2 is 2.10 bits per heavy atom. The van der Waals surface area contributed by atoms with Crippen LogP contribution in [0.5, 0.6) is 5.75 Å². The molecular weight excluding hydrogens is 264 g/mol. The third kappa shape index (κ3) is 3.24. The van der Waals surface area contributed by atoms with Crippen LogP contribution in [-0.4, -0.2) is 51.3 Å². The monoisotopic (exact) mass is 278 g/mol. The number of rotatable bonds is 5. The number of aliphatic hydroxyl groups excluding tert-OH is 1. The average Bonchev–Trinajstić information content (AvgIpc) is 2.43. The summed E-state index contributed by atoms with van der Waals surface area (Å²) in [6, 6.07) is 4.37. The highest BCUT2D eigenvalue weighted by atomic mass is 16.4. The molecule has 106 valence electrons. The molecule has 0 unspecified atom stereocenters. The van der Waals surface area contributed by atoms with E-state index in [0.717, 1.165) is 11.0 Å². The summed E-state index contributed by atoms with van der Waals surface area (Å²) in [4.78, 5) is 24.1. The van der Waals surface area contributed by atoms with Crippen LogP contribution in [0.3, 0.4) is 0 Å². The Hall–Kier alpha value is -2.59. The summed E-state index contributed by atoms with van der Waals surface area (Å²) >= 11 is 0. The minimum absolute atomic E-state index is 0.120. The number of carbonyl (C=O) groups is 2. The number of nitriles is 1. The number of carbonyl (C=O) groups excluding carboxylic acids is 1. The SMILES string of the molecule is C[C@@H](C(=O)O)N(CCO)C(=O)c1ccc(C#N)cc1O. The van der Waals surface area contributed by atoms with Crippen molar-refractivity contribution < 1.29 is 24.9 Å². The lowest BCUT2D eigenvalue weighted by Crippen LogP contribution is -2.44. The number of phenolic OH excluding ortho intramolecular Hbond substituents is 1. The van der Waals surface area contributed by atoms with Gasteiger partial charge in [-0.15, -0.1) is 0 Å². The van der Waals surface area contributed by atoms with E-state index in [0.29, 0.717) is 0 Å². The Labute approximate surface area is 115 Å². The van der Waals surface area contributed by atoms with Crippen LogP contribution in [0.1, 0.15) is 22.8 Å². The zero-order valence-electron chi connectivity index (χ0n) is 10.8. The first-order valence-electron chi connectivity index (χ1n) is 5.80. The predicted molar refractivity (Wildman–Crippen MR) is 68.0 cm³/mol. The van der Waals surface area contributed by atoms with E-state index in [4.69, 9.17) is 15.5 Å². The lowest BCUT2D eigenvalue weighted by molar-refractivity contribution is -0.141. The van der Waals surface area contributed by atoms with Crippen LogP contribution in [0, 0.1) is 11.3 Å². The minimum Gasteiger partial charge on any atom is -0.507 e. The molecule has 0 radical (unpaired) electrons. The van der Waals surface area contributed by atoms with Crippen LogP contribution >= 0.6 is 0 Å². The minimum atomic E-state index is -1.22. The number of aromatic hydroxyl groups is 1. The second-order valence-corrected chi connectivity index (χ2v) is 4.08. The maximum atomic E-state index is 12.2. The van der Waals surface area contributed by atoms with Crippen molar-refractivity contribution in [1.82, 2.24) is 4.90 Å². The normalized spacial score (nSPS) is 11.4. The summed E-state index contributed by atoms with van der Waals surface area (Å²) in [7, 11) is 0. The number of aliphatic hydroxyl groups is 1. The molecule has 0 aromatic heterocycles. The summed E-state index contributed by atoms with van der Waals surface area (Å²) in [5, 5.41) is 36.3. The van der Waals surface area contributed by atoms with Crippen molar-refractivity contribution in [2.24, 2.45) is 0 Å². The van der Waals surface area contributed by atoms with E-state index in [1.807, 2.05) is 6.07 Å². The molecule has 20 heavy (non-hydrogen) atoms. The summed E-state index contributed by atoms with van der Waals surface area (Å²) in [6.07, 6.45) is 0. The van der Waals surface area contributed by atoms with Crippen molar-refractivity contribution in [3.63, 3.8) is 0 Å². The van der Waals surface area contributed by atoms with E-state index in [-0.39, 0.29) is 17.7 Å². The molecule has 0 saturated heterocycles. The number of carboxylic acids is 1. The summed E-state index contributed by atoms with van der Waals surface area (Å²) in [5.41, 5.74) is 0.0598. The van der Waals surface area contributed by atoms with Gasteiger partial charge in [0.15, 0.2) is 0 Å². The van der Waals surface area contributed by atoms with Gasteiger partial charge in [0, 0.05) is 6.54 Å². The molecule has 1 atom stereocenters. The molecule has 1 aromatic rings. The van der Waals surface area contributed by atoms with E-state index in [9.17, 15) is 14.7 Å². The fourth-order valence-corrected chi connectivity index (χ4v) is 1.65. The molecule has 0 aliphatic heterocycles. The number of nitrogens with zero attached hydrogens (tertiary/aromatic N) is 2. The smallest absolute Gasteiger partial charge is 0.326 e. The van der Waals surface area contributed by atoms with E-state index >= 15 is 0 Å². The van der Waals surface area contributed by atoms with Crippen molar-refractivity contribution in [3.8, 4) is 11.8 Å². The fourth-order valence-electron chi connectivity index (χ4n) is 1.65. The van der Waals surface area contributed by atoms with Crippen LogP contribution in [0.2, 0.25) is 0 Å². The molecule has 7 nitrogen and oxygen atoms in total. The number of aliphatic carboxylic acids is 1. The zero-order valence-corrected chi connectivity index (χ0v) is 10.8. The predicted octanol–water partition coefficient (Wildman–Crippen LogP) is 0.171. The molecule has 0 heterocycles. The van der Waals surface area contributed by atoms with Gasteiger partial charge >= 0.3 is 5.97 Å². The van der Waals surface area contributed by atoms with Gasteiger partial charge in [0.2, 0.25) is 0 Å². The largest absolute Gasteiger partial charge is 0.507 e. The third-order valence-corrected chi connectivity index (χ3v) is 2.78. The number of carboxylic acid groups (broad SMARTS) is 1. The van der Waals surface area contributed by atoms with Crippen LogP contribution < -0.4 is 0 Å². The van der Waals surface area contributed by atoms with Gasteiger partial charge in [-0.1, -0.05) is 0 Å². The summed E-state index contributed by atoms with van der Waals surface area (Å²) in [5.74, 6) is -2.36. The second-order valence-electron chi connectivity index (χ2n) is 4.08. The van der Waals surface area contributed by atoms with Gasteiger partial charge in [0.1, 0.15) is 11.8 Å². The van der Waals surface area contributed by atoms with Crippen molar-refractivity contribution >= 4 is 11.9 Å².